The SMILES string of the molecule is CCn1ncc(C(=O)c2cc(C)c3c(c2C)C(C)(C)CCS3(=O)=O)c1OCC(=O)c1ccccc1. The lowest BCUT2D eigenvalue weighted by Crippen LogP contribution is -2.33. The lowest BCUT2D eigenvalue weighted by molar-refractivity contribution is 0.0907. The van der Waals surface area contributed by atoms with Crippen LogP contribution in [-0.4, -0.2) is 42.1 Å². The molecule has 4 rings (SSSR count). The summed E-state index contributed by atoms with van der Waals surface area (Å²) in [5.41, 5.74) is 2.71. The standard InChI is InChI=1S/C27H30N2O5S/c1-6-29-26(34-16-22(30)19-10-8-7-9-11-19)21(15-28-29)24(31)20-14-17(2)25-23(18(20)3)27(4,5)12-13-35(25,32)33/h7-11,14-15H,6,12-13,16H2,1-5H3. The van der Waals surface area contributed by atoms with Crippen LogP contribution in [0.4, 0.5) is 0 Å². The van der Waals surface area contributed by atoms with Crippen molar-refractivity contribution in [2.24, 2.45) is 0 Å². The third kappa shape index (κ3) is 4.43. The Morgan fingerprint density at radius 2 is 1.80 bits per heavy atom. The summed E-state index contributed by atoms with van der Waals surface area (Å²) in [6, 6.07) is 10.5. The van der Waals surface area contributed by atoms with Gasteiger partial charge in [-0.2, -0.15) is 5.10 Å². The average molecular weight is 495 g/mol. The second-order valence-corrected chi connectivity index (χ2v) is 11.7. The van der Waals surface area contributed by atoms with Crippen molar-refractivity contribution in [1.29, 1.82) is 0 Å². The monoisotopic (exact) mass is 494 g/mol. The van der Waals surface area contributed by atoms with E-state index in [1.165, 1.54) is 6.20 Å². The van der Waals surface area contributed by atoms with Crippen molar-refractivity contribution in [3.8, 4) is 5.88 Å². The smallest absolute Gasteiger partial charge is 0.223 e. The van der Waals surface area contributed by atoms with Gasteiger partial charge in [0.25, 0.3) is 0 Å². The van der Waals surface area contributed by atoms with E-state index in [4.69, 9.17) is 4.74 Å². The van der Waals surface area contributed by atoms with Crippen LogP contribution in [0.15, 0.2) is 47.5 Å². The van der Waals surface area contributed by atoms with Crippen LogP contribution in [0, 0.1) is 13.8 Å². The Balaban J connectivity index is 1.75. The van der Waals surface area contributed by atoms with Crippen LogP contribution in [-0.2, 0) is 21.8 Å². The summed E-state index contributed by atoms with van der Waals surface area (Å²) in [7, 11) is -3.42. The molecular formula is C27H30N2O5S. The van der Waals surface area contributed by atoms with Crippen LogP contribution in [0.3, 0.4) is 0 Å². The van der Waals surface area contributed by atoms with E-state index in [-0.39, 0.29) is 40.8 Å². The number of sulfone groups is 1. The molecule has 0 aliphatic carbocycles. The van der Waals surface area contributed by atoms with Gasteiger partial charge >= 0.3 is 0 Å². The molecule has 2 aromatic carbocycles. The van der Waals surface area contributed by atoms with E-state index in [1.807, 2.05) is 26.8 Å². The molecule has 1 aliphatic rings. The maximum Gasteiger partial charge on any atom is 0.223 e. The highest BCUT2D eigenvalue weighted by molar-refractivity contribution is 7.91. The molecule has 0 N–H and O–H groups in total. The number of nitrogens with zero attached hydrogens (tertiary/aromatic N) is 2. The van der Waals surface area contributed by atoms with E-state index in [2.05, 4.69) is 5.10 Å². The van der Waals surface area contributed by atoms with E-state index in [0.717, 1.165) is 0 Å². The molecule has 2 heterocycles. The number of aryl methyl sites for hydroxylation is 2. The minimum Gasteiger partial charge on any atom is -0.469 e. The highest BCUT2D eigenvalue weighted by Gasteiger charge is 2.39. The summed E-state index contributed by atoms with van der Waals surface area (Å²) < 4.78 is 33.2. The van der Waals surface area contributed by atoms with Gasteiger partial charge in [-0.3, -0.25) is 9.59 Å². The topological polar surface area (TPSA) is 95.3 Å². The van der Waals surface area contributed by atoms with Crippen LogP contribution < -0.4 is 4.74 Å². The first-order chi connectivity index (χ1) is 16.5. The Bertz CT molecular complexity index is 1420. The Morgan fingerprint density at radius 3 is 2.46 bits per heavy atom. The molecule has 3 aromatic rings. The van der Waals surface area contributed by atoms with Crippen molar-refractivity contribution in [3.05, 3.63) is 76.0 Å². The van der Waals surface area contributed by atoms with Gasteiger partial charge in [0.15, 0.2) is 28.0 Å². The van der Waals surface area contributed by atoms with Gasteiger partial charge in [-0.1, -0.05) is 44.2 Å². The summed E-state index contributed by atoms with van der Waals surface area (Å²) in [6.45, 7) is 9.66. The molecule has 0 spiro atoms. The fourth-order valence-corrected chi connectivity index (χ4v) is 7.13. The molecule has 0 saturated heterocycles. The van der Waals surface area contributed by atoms with Crippen molar-refractivity contribution < 1.29 is 22.7 Å². The van der Waals surface area contributed by atoms with E-state index in [1.54, 1.807) is 48.9 Å². The Morgan fingerprint density at radius 1 is 1.11 bits per heavy atom. The number of aromatic nitrogens is 2. The number of ether oxygens (including phenoxy) is 1. The van der Waals surface area contributed by atoms with Gasteiger partial charge in [-0.05, 0) is 55.4 Å². The Kier molecular flexibility index (Phi) is 6.44. The molecule has 1 aromatic heterocycles. The quantitative estimate of drug-likeness (QED) is 0.450. The maximum absolute atomic E-state index is 13.8. The largest absolute Gasteiger partial charge is 0.469 e. The molecule has 0 atom stereocenters. The van der Waals surface area contributed by atoms with Gasteiger partial charge in [0, 0.05) is 17.7 Å². The molecule has 0 unspecified atom stereocenters. The molecule has 0 amide bonds. The molecule has 0 bridgehead atoms. The van der Waals surface area contributed by atoms with Gasteiger partial charge in [0.05, 0.1) is 16.8 Å². The van der Waals surface area contributed by atoms with Gasteiger partial charge in [-0.15, -0.1) is 0 Å². The van der Waals surface area contributed by atoms with E-state index in [9.17, 15) is 18.0 Å². The molecule has 7 nitrogen and oxygen atoms in total. The number of Topliss-reactive ketones (excluding diaryl/α,β-unsaturated/α-hetero) is 1. The van der Waals surface area contributed by atoms with Crippen molar-refractivity contribution in [2.75, 3.05) is 12.4 Å². The van der Waals surface area contributed by atoms with Gasteiger partial charge in [0.2, 0.25) is 5.88 Å². The number of hydrogen-bond acceptors (Lipinski definition) is 6. The fourth-order valence-electron chi connectivity index (χ4n) is 4.85. The summed E-state index contributed by atoms with van der Waals surface area (Å²) in [5.74, 6) is -0.199. The van der Waals surface area contributed by atoms with Crippen LogP contribution >= 0.6 is 0 Å². The zero-order valence-corrected chi connectivity index (χ0v) is 21.5. The number of carbonyl (C=O) groups is 2. The van der Waals surface area contributed by atoms with E-state index < -0.39 is 9.84 Å². The predicted octanol–water partition coefficient (Wildman–Crippen LogP) is 4.47. The molecular weight excluding hydrogens is 464 g/mol. The molecule has 0 radical (unpaired) electrons. The van der Waals surface area contributed by atoms with Crippen molar-refractivity contribution in [2.45, 2.75) is 57.9 Å². The highest BCUT2D eigenvalue weighted by Crippen LogP contribution is 2.43. The van der Waals surface area contributed by atoms with Crippen LogP contribution in [0.2, 0.25) is 0 Å². The van der Waals surface area contributed by atoms with Crippen molar-refractivity contribution >= 4 is 21.4 Å². The average Bonchev–Trinajstić information content (AvgIpc) is 3.24. The highest BCUT2D eigenvalue weighted by atomic mass is 32.2. The van der Waals surface area contributed by atoms with Gasteiger partial charge < -0.3 is 4.74 Å². The molecule has 35 heavy (non-hydrogen) atoms. The number of rotatable bonds is 7. The summed E-state index contributed by atoms with van der Waals surface area (Å²) in [5, 5.41) is 4.29. The lowest BCUT2D eigenvalue weighted by Gasteiger charge is -2.35. The third-order valence-electron chi connectivity index (χ3n) is 6.72. The second kappa shape index (κ2) is 9.07. The Hall–Kier alpha value is -3.26. The Labute approximate surface area is 206 Å². The van der Waals surface area contributed by atoms with E-state index >= 15 is 0 Å². The zero-order valence-electron chi connectivity index (χ0n) is 20.7. The first kappa shape index (κ1) is 24.9. The molecule has 0 fully saturated rings. The van der Waals surface area contributed by atoms with Gasteiger partial charge in [-0.25, -0.2) is 13.1 Å². The first-order valence-electron chi connectivity index (χ1n) is 11.7. The van der Waals surface area contributed by atoms with Crippen molar-refractivity contribution in [3.63, 3.8) is 0 Å². The van der Waals surface area contributed by atoms with E-state index in [0.29, 0.717) is 45.7 Å². The number of ketones is 2. The lowest BCUT2D eigenvalue weighted by atomic mass is 9.77. The van der Waals surface area contributed by atoms with Gasteiger partial charge in [0.1, 0.15) is 5.56 Å². The number of benzene rings is 2. The summed E-state index contributed by atoms with van der Waals surface area (Å²) in [4.78, 5) is 26.7. The minimum absolute atomic E-state index is 0.0945. The molecule has 0 saturated carbocycles. The molecule has 184 valence electrons. The predicted molar refractivity (Wildman–Crippen MR) is 133 cm³/mol. The summed E-state index contributed by atoms with van der Waals surface area (Å²) >= 11 is 0. The molecule has 1 aliphatic heterocycles. The number of carbonyl (C=O) groups excluding carboxylic acids is 2. The third-order valence-corrected chi connectivity index (χ3v) is 8.61. The van der Waals surface area contributed by atoms with Crippen LogP contribution in [0.5, 0.6) is 5.88 Å². The van der Waals surface area contributed by atoms with Crippen molar-refractivity contribution in [1.82, 2.24) is 9.78 Å². The molecule has 8 heteroatoms. The maximum atomic E-state index is 13.8. The van der Waals surface area contributed by atoms with Crippen LogP contribution in [0.1, 0.15) is 70.2 Å². The minimum atomic E-state index is -3.42. The van der Waals surface area contributed by atoms with Crippen LogP contribution in [0.25, 0.3) is 0 Å². The normalized spacial score (nSPS) is 15.9. The summed E-state index contributed by atoms with van der Waals surface area (Å²) in [6.07, 6.45) is 1.94. The number of hydrogen-bond donors (Lipinski definition) is 0. The second-order valence-electron chi connectivity index (χ2n) is 9.61. The fraction of sp³-hybridized carbons (Fsp3) is 0.370. The first-order valence-corrected chi connectivity index (χ1v) is 13.3. The zero-order chi connectivity index (χ0) is 25.5. The number of fused-ring (bicyclic) bond motifs is 1.